The third kappa shape index (κ3) is 3.96. The molecule has 1 aromatic carbocycles. The predicted octanol–water partition coefficient (Wildman–Crippen LogP) is 4.16. The Morgan fingerprint density at radius 1 is 1.30 bits per heavy atom. The first kappa shape index (κ1) is 14.3. The second-order valence-electron chi connectivity index (χ2n) is 3.88. The first-order valence-corrected chi connectivity index (χ1v) is 6.89. The van der Waals surface area contributed by atoms with Gasteiger partial charge in [-0.3, -0.25) is 5.32 Å². The number of aromatic nitrogens is 1. The van der Waals surface area contributed by atoms with Crippen molar-refractivity contribution in [2.75, 3.05) is 17.2 Å². The second kappa shape index (κ2) is 6.91. The molecule has 2 N–H and O–H groups in total. The van der Waals surface area contributed by atoms with Crippen LogP contribution in [0, 0.1) is 0 Å². The molecule has 0 radical (unpaired) electrons. The summed E-state index contributed by atoms with van der Waals surface area (Å²) >= 11 is 3.45. The van der Waals surface area contributed by atoms with Crippen molar-refractivity contribution in [3.05, 3.63) is 47.1 Å². The smallest absolute Gasteiger partial charge is 0.411 e. The van der Waals surface area contributed by atoms with Crippen molar-refractivity contribution in [3.8, 4) is 0 Å². The maximum atomic E-state index is 11.3. The van der Waals surface area contributed by atoms with Crippen LogP contribution in [-0.2, 0) is 4.74 Å². The van der Waals surface area contributed by atoms with Crippen LogP contribution in [0.4, 0.5) is 22.0 Å². The monoisotopic (exact) mass is 335 g/mol. The lowest BCUT2D eigenvalue weighted by Gasteiger charge is -2.09. The molecule has 104 valence electrons. The fraction of sp³-hybridized carbons (Fsp3) is 0.143. The molecule has 0 spiro atoms. The first-order chi connectivity index (χ1) is 9.69. The Morgan fingerprint density at radius 2 is 2.10 bits per heavy atom. The third-order valence-electron chi connectivity index (χ3n) is 2.42. The van der Waals surface area contributed by atoms with Gasteiger partial charge in [-0.25, -0.2) is 9.78 Å². The minimum Gasteiger partial charge on any atom is -0.450 e. The van der Waals surface area contributed by atoms with E-state index in [0.29, 0.717) is 18.1 Å². The van der Waals surface area contributed by atoms with Gasteiger partial charge in [0.15, 0.2) is 0 Å². The van der Waals surface area contributed by atoms with Crippen LogP contribution in [0.2, 0.25) is 0 Å². The lowest BCUT2D eigenvalue weighted by atomic mass is 10.3. The molecule has 20 heavy (non-hydrogen) atoms. The van der Waals surface area contributed by atoms with Crippen LogP contribution < -0.4 is 10.6 Å². The SMILES string of the molecule is CCOC(=O)Nc1ccc(Nc2ccccc2Br)nc1. The number of para-hydroxylation sites is 1. The Bertz CT molecular complexity index is 587. The first-order valence-electron chi connectivity index (χ1n) is 6.10. The predicted molar refractivity (Wildman–Crippen MR) is 82.3 cm³/mol. The van der Waals surface area contributed by atoms with E-state index in [-0.39, 0.29) is 0 Å². The molecule has 0 aliphatic heterocycles. The number of carbonyl (C=O) groups excluding carboxylic acids is 1. The largest absolute Gasteiger partial charge is 0.450 e. The lowest BCUT2D eigenvalue weighted by Crippen LogP contribution is -2.13. The maximum absolute atomic E-state index is 11.3. The topological polar surface area (TPSA) is 63.2 Å². The zero-order valence-electron chi connectivity index (χ0n) is 10.9. The molecule has 1 amide bonds. The molecule has 0 saturated heterocycles. The summed E-state index contributed by atoms with van der Waals surface area (Å²) in [5, 5.41) is 5.76. The lowest BCUT2D eigenvalue weighted by molar-refractivity contribution is 0.168. The zero-order chi connectivity index (χ0) is 14.4. The van der Waals surface area contributed by atoms with Crippen molar-refractivity contribution in [2.24, 2.45) is 0 Å². The molecule has 0 aliphatic carbocycles. The van der Waals surface area contributed by atoms with Crippen molar-refractivity contribution < 1.29 is 9.53 Å². The molecule has 0 aliphatic rings. The van der Waals surface area contributed by atoms with E-state index in [1.54, 1.807) is 25.3 Å². The van der Waals surface area contributed by atoms with Gasteiger partial charge < -0.3 is 10.1 Å². The van der Waals surface area contributed by atoms with Gasteiger partial charge in [0.1, 0.15) is 5.82 Å². The zero-order valence-corrected chi connectivity index (χ0v) is 12.5. The number of hydrogen-bond acceptors (Lipinski definition) is 4. The highest BCUT2D eigenvalue weighted by molar-refractivity contribution is 9.10. The molecule has 0 unspecified atom stereocenters. The van der Waals surface area contributed by atoms with Gasteiger partial charge in [-0.1, -0.05) is 12.1 Å². The molecule has 6 heteroatoms. The van der Waals surface area contributed by atoms with Crippen LogP contribution in [0.3, 0.4) is 0 Å². The molecule has 1 aromatic heterocycles. The summed E-state index contributed by atoms with van der Waals surface area (Å²) in [6.45, 7) is 2.09. The van der Waals surface area contributed by atoms with E-state index in [1.165, 1.54) is 0 Å². The summed E-state index contributed by atoms with van der Waals surface area (Å²) < 4.78 is 5.74. The summed E-state index contributed by atoms with van der Waals surface area (Å²) in [7, 11) is 0. The summed E-state index contributed by atoms with van der Waals surface area (Å²) in [4.78, 5) is 15.5. The number of pyridine rings is 1. The van der Waals surface area contributed by atoms with Gasteiger partial charge >= 0.3 is 6.09 Å². The van der Waals surface area contributed by atoms with Crippen molar-refractivity contribution in [2.45, 2.75) is 6.92 Å². The Morgan fingerprint density at radius 3 is 2.75 bits per heavy atom. The van der Waals surface area contributed by atoms with Gasteiger partial charge in [0.2, 0.25) is 0 Å². The van der Waals surface area contributed by atoms with E-state index in [4.69, 9.17) is 4.74 Å². The molecule has 0 fully saturated rings. The highest BCUT2D eigenvalue weighted by atomic mass is 79.9. The van der Waals surface area contributed by atoms with E-state index in [2.05, 4.69) is 31.5 Å². The highest BCUT2D eigenvalue weighted by Crippen LogP contribution is 2.24. The van der Waals surface area contributed by atoms with Gasteiger partial charge in [0.25, 0.3) is 0 Å². The molecule has 2 rings (SSSR count). The summed E-state index contributed by atoms with van der Waals surface area (Å²) in [5.74, 6) is 0.686. The normalized spacial score (nSPS) is 9.90. The van der Waals surface area contributed by atoms with Crippen LogP contribution in [0.1, 0.15) is 6.92 Å². The van der Waals surface area contributed by atoms with Crippen LogP contribution in [0.15, 0.2) is 47.1 Å². The third-order valence-corrected chi connectivity index (χ3v) is 3.11. The summed E-state index contributed by atoms with van der Waals surface area (Å²) in [6, 6.07) is 11.3. The number of carbonyl (C=O) groups is 1. The Kier molecular flexibility index (Phi) is 4.95. The molecule has 0 atom stereocenters. The van der Waals surface area contributed by atoms with Crippen molar-refractivity contribution in [1.82, 2.24) is 4.98 Å². The van der Waals surface area contributed by atoms with Crippen LogP contribution in [0.25, 0.3) is 0 Å². The molecule has 5 nitrogen and oxygen atoms in total. The Balaban J connectivity index is 2.02. The average molecular weight is 336 g/mol. The maximum Gasteiger partial charge on any atom is 0.411 e. The molecule has 0 saturated carbocycles. The van der Waals surface area contributed by atoms with E-state index in [1.807, 2.05) is 24.3 Å². The summed E-state index contributed by atoms with van der Waals surface area (Å²) in [6.07, 6.45) is 1.08. The van der Waals surface area contributed by atoms with Crippen molar-refractivity contribution in [1.29, 1.82) is 0 Å². The number of anilines is 3. The van der Waals surface area contributed by atoms with E-state index in [0.717, 1.165) is 10.2 Å². The number of halogens is 1. The number of hydrogen-bond donors (Lipinski definition) is 2. The number of rotatable bonds is 4. The molecule has 2 aromatic rings. The Hall–Kier alpha value is -2.08. The molecular weight excluding hydrogens is 322 g/mol. The van der Waals surface area contributed by atoms with E-state index >= 15 is 0 Å². The van der Waals surface area contributed by atoms with Gasteiger partial charge in [-0.15, -0.1) is 0 Å². The number of nitrogens with one attached hydrogen (secondary N) is 2. The van der Waals surface area contributed by atoms with Gasteiger partial charge in [-0.2, -0.15) is 0 Å². The summed E-state index contributed by atoms with van der Waals surface area (Å²) in [5.41, 5.74) is 1.51. The molecule has 1 heterocycles. The number of amides is 1. The minimum absolute atomic E-state index is 0.334. The van der Waals surface area contributed by atoms with Gasteiger partial charge in [0, 0.05) is 4.47 Å². The van der Waals surface area contributed by atoms with Gasteiger partial charge in [-0.05, 0) is 47.1 Å². The average Bonchev–Trinajstić information content (AvgIpc) is 2.44. The molecule has 0 bridgehead atoms. The molecular formula is C14H14BrN3O2. The number of ether oxygens (including phenoxy) is 1. The van der Waals surface area contributed by atoms with E-state index in [9.17, 15) is 4.79 Å². The van der Waals surface area contributed by atoms with Gasteiger partial charge in [0.05, 0.1) is 24.2 Å². The van der Waals surface area contributed by atoms with Crippen molar-refractivity contribution >= 4 is 39.2 Å². The van der Waals surface area contributed by atoms with Crippen LogP contribution >= 0.6 is 15.9 Å². The highest BCUT2D eigenvalue weighted by Gasteiger charge is 2.03. The van der Waals surface area contributed by atoms with E-state index < -0.39 is 6.09 Å². The van der Waals surface area contributed by atoms with Crippen LogP contribution in [-0.4, -0.2) is 17.7 Å². The Labute approximate surface area is 125 Å². The quantitative estimate of drug-likeness (QED) is 0.880. The fourth-order valence-electron chi connectivity index (χ4n) is 1.53. The van der Waals surface area contributed by atoms with Crippen molar-refractivity contribution in [3.63, 3.8) is 0 Å². The standard InChI is InChI=1S/C14H14BrN3O2/c1-2-20-14(19)17-10-7-8-13(16-9-10)18-12-6-4-3-5-11(12)15/h3-9H,2H2,1H3,(H,16,18)(H,17,19). The fourth-order valence-corrected chi connectivity index (χ4v) is 1.91. The van der Waals surface area contributed by atoms with Crippen LogP contribution in [0.5, 0.6) is 0 Å². The second-order valence-corrected chi connectivity index (χ2v) is 4.74. The number of nitrogens with zero attached hydrogens (tertiary/aromatic N) is 1. The number of benzene rings is 1. The minimum atomic E-state index is -0.485.